The number of ketones is 1. The first-order valence-corrected chi connectivity index (χ1v) is 12.7. The van der Waals surface area contributed by atoms with Gasteiger partial charge in [-0.25, -0.2) is 5.48 Å². The molecule has 202 valence electrons. The third kappa shape index (κ3) is 4.85. The average Bonchev–Trinajstić information content (AvgIpc) is 3.38. The molecule has 0 bridgehead atoms. The lowest BCUT2D eigenvalue weighted by Crippen LogP contribution is -2.52. The van der Waals surface area contributed by atoms with Gasteiger partial charge in [0, 0.05) is 43.3 Å². The normalized spacial score (nSPS) is 17.4. The number of benzene rings is 2. The van der Waals surface area contributed by atoms with E-state index >= 15 is 0 Å². The van der Waals surface area contributed by atoms with E-state index in [0.717, 1.165) is 6.21 Å². The third-order valence-corrected chi connectivity index (χ3v) is 7.15. The number of Topliss-reactive ketones (excluding diaryl/α,β-unsaturated/α-hetero) is 1. The Morgan fingerprint density at radius 3 is 2.64 bits per heavy atom. The quantitative estimate of drug-likeness (QED) is 0.516. The number of ether oxygens (including phenoxy) is 3. The molecule has 0 radical (unpaired) electrons. The van der Waals surface area contributed by atoms with Gasteiger partial charge in [-0.05, 0) is 49.4 Å². The zero-order valence-electron chi connectivity index (χ0n) is 22.0. The van der Waals surface area contributed by atoms with E-state index < -0.39 is 5.60 Å². The fourth-order valence-electron chi connectivity index (χ4n) is 5.15. The van der Waals surface area contributed by atoms with Gasteiger partial charge in [-0.3, -0.25) is 9.59 Å². The van der Waals surface area contributed by atoms with Gasteiger partial charge in [0.25, 0.3) is 5.91 Å². The number of amides is 1. The Hall–Kier alpha value is -4.60. The molecule has 10 nitrogen and oxygen atoms in total. The highest BCUT2D eigenvalue weighted by Crippen LogP contribution is 2.41. The van der Waals surface area contributed by atoms with E-state index in [4.69, 9.17) is 24.5 Å². The number of methoxy groups -OCH3 is 1. The predicted octanol–water partition coefficient (Wildman–Crippen LogP) is 4.15. The molecule has 0 aromatic heterocycles. The summed E-state index contributed by atoms with van der Waals surface area (Å²) in [5, 5.41) is 7.59. The van der Waals surface area contributed by atoms with Crippen molar-refractivity contribution in [2.24, 2.45) is 4.99 Å². The lowest BCUT2D eigenvalue weighted by atomic mass is 9.82. The maximum absolute atomic E-state index is 13.5. The molecule has 0 unspecified atom stereocenters. The Kier molecular flexibility index (Phi) is 6.86. The van der Waals surface area contributed by atoms with Gasteiger partial charge in [0.15, 0.2) is 11.6 Å². The summed E-state index contributed by atoms with van der Waals surface area (Å²) < 4.78 is 17.7. The van der Waals surface area contributed by atoms with Crippen LogP contribution in [0.25, 0.3) is 5.57 Å². The first-order valence-electron chi connectivity index (χ1n) is 12.7. The second-order valence-corrected chi connectivity index (χ2v) is 9.60. The molecular formula is C29H30N4O6. The fourth-order valence-corrected chi connectivity index (χ4v) is 5.15. The summed E-state index contributed by atoms with van der Waals surface area (Å²) in [4.78, 5) is 37.7. The first-order chi connectivity index (χ1) is 18.8. The molecule has 39 heavy (non-hydrogen) atoms. The Morgan fingerprint density at radius 1 is 1.26 bits per heavy atom. The van der Waals surface area contributed by atoms with Crippen molar-refractivity contribution in [1.82, 2.24) is 10.4 Å². The van der Waals surface area contributed by atoms with Crippen molar-refractivity contribution in [2.75, 3.05) is 26.8 Å². The molecule has 3 aliphatic heterocycles. The molecular weight excluding hydrogens is 500 g/mol. The molecule has 0 saturated carbocycles. The maximum Gasteiger partial charge on any atom is 0.254 e. The van der Waals surface area contributed by atoms with E-state index in [-0.39, 0.29) is 24.0 Å². The predicted molar refractivity (Wildman–Crippen MR) is 146 cm³/mol. The molecule has 2 aromatic carbocycles. The molecule has 3 aliphatic rings. The Labute approximate surface area is 226 Å². The van der Waals surface area contributed by atoms with Gasteiger partial charge in [0.1, 0.15) is 22.8 Å². The highest BCUT2D eigenvalue weighted by atomic mass is 16.7. The van der Waals surface area contributed by atoms with Crippen LogP contribution in [0.3, 0.4) is 0 Å². The highest BCUT2D eigenvalue weighted by molar-refractivity contribution is 6.10. The van der Waals surface area contributed by atoms with Crippen LogP contribution in [0.2, 0.25) is 0 Å². The lowest BCUT2D eigenvalue weighted by molar-refractivity contribution is -0.00573. The van der Waals surface area contributed by atoms with Crippen molar-refractivity contribution in [2.45, 2.75) is 31.8 Å². The van der Waals surface area contributed by atoms with Crippen molar-refractivity contribution in [1.29, 1.82) is 5.41 Å². The number of rotatable bonds is 7. The third-order valence-electron chi connectivity index (χ3n) is 7.15. The smallest absolute Gasteiger partial charge is 0.254 e. The van der Waals surface area contributed by atoms with E-state index in [9.17, 15) is 9.59 Å². The van der Waals surface area contributed by atoms with E-state index in [2.05, 4.69) is 23.6 Å². The van der Waals surface area contributed by atoms with E-state index in [1.54, 1.807) is 29.2 Å². The molecule has 2 aromatic rings. The number of piperidine rings is 1. The number of carbonyl (C=O) groups is 2. The van der Waals surface area contributed by atoms with Gasteiger partial charge in [-0.1, -0.05) is 6.58 Å². The number of likely N-dealkylation sites (tertiary alicyclic amines) is 1. The zero-order chi connectivity index (χ0) is 27.7. The number of nitrogens with zero attached hydrogens (tertiary/aromatic N) is 2. The Bertz CT molecular complexity index is 1420. The second-order valence-electron chi connectivity index (χ2n) is 9.60. The van der Waals surface area contributed by atoms with Gasteiger partial charge in [0.05, 0.1) is 31.3 Å². The monoisotopic (exact) mass is 530 g/mol. The Morgan fingerprint density at radius 2 is 2.00 bits per heavy atom. The number of hydrogen-bond donors (Lipinski definition) is 2. The number of aliphatic imine (C=N–C) groups is 1. The molecule has 1 saturated heterocycles. The Balaban J connectivity index is 1.32. The van der Waals surface area contributed by atoms with Crippen LogP contribution in [0, 0.1) is 5.41 Å². The van der Waals surface area contributed by atoms with Gasteiger partial charge in [-0.15, -0.1) is 0 Å². The maximum atomic E-state index is 13.5. The lowest BCUT2D eigenvalue weighted by Gasteiger charge is -2.44. The summed E-state index contributed by atoms with van der Waals surface area (Å²) in [5.74, 6) is 1.95. The van der Waals surface area contributed by atoms with Crippen molar-refractivity contribution < 1.29 is 28.6 Å². The number of nitrogens with one attached hydrogen (secondary N) is 2. The first kappa shape index (κ1) is 26.0. The zero-order valence-corrected chi connectivity index (χ0v) is 22.0. The minimum Gasteiger partial charge on any atom is -0.496 e. The summed E-state index contributed by atoms with van der Waals surface area (Å²) in [6.07, 6.45) is 2.40. The molecule has 0 aliphatic carbocycles. The minimum atomic E-state index is -0.664. The van der Waals surface area contributed by atoms with E-state index in [0.29, 0.717) is 83.4 Å². The van der Waals surface area contributed by atoms with Crippen molar-refractivity contribution in [3.05, 3.63) is 71.6 Å². The van der Waals surface area contributed by atoms with Crippen LogP contribution in [0.1, 0.15) is 58.0 Å². The average molecular weight is 531 g/mol. The summed E-state index contributed by atoms with van der Waals surface area (Å²) in [7, 11) is 1.51. The van der Waals surface area contributed by atoms with Crippen LogP contribution < -0.4 is 19.7 Å². The van der Waals surface area contributed by atoms with Crippen molar-refractivity contribution >= 4 is 29.3 Å². The molecule has 10 heteroatoms. The van der Waals surface area contributed by atoms with Crippen LogP contribution in [-0.4, -0.2) is 61.0 Å². The standard InChI is InChI=1S/C29H30N4O6/c1-5-37-25-14-20(13-24(36-4)26(25)17(2)16-30)28(35)33-10-8-29(9-11-33)15-22(34)21-12-19(6-7-23(21)38-29)27-31-18(3)39-32-27/h6-7,12-14,16,30H,2-3,5,8-11,15H2,1,4H3,(H,31,32). The number of carbonyl (C=O) groups excluding carboxylic acids is 2. The van der Waals surface area contributed by atoms with Gasteiger partial charge in [0.2, 0.25) is 5.88 Å². The minimum absolute atomic E-state index is 0.00988. The molecule has 1 fully saturated rings. The van der Waals surface area contributed by atoms with Crippen LogP contribution in [0.15, 0.2) is 54.4 Å². The van der Waals surface area contributed by atoms with Gasteiger partial charge < -0.3 is 29.4 Å². The van der Waals surface area contributed by atoms with Crippen molar-refractivity contribution in [3.8, 4) is 17.2 Å². The second kappa shape index (κ2) is 10.3. The summed E-state index contributed by atoms with van der Waals surface area (Å²) in [6, 6.07) is 8.66. The number of fused-ring (bicyclic) bond motifs is 1. The fraction of sp³-hybridized carbons (Fsp3) is 0.310. The van der Waals surface area contributed by atoms with Crippen LogP contribution in [0.4, 0.5) is 0 Å². The summed E-state index contributed by atoms with van der Waals surface area (Å²) in [6.45, 7) is 10.6. The summed E-state index contributed by atoms with van der Waals surface area (Å²) >= 11 is 0. The number of hydrogen-bond acceptors (Lipinski definition) is 9. The topological polar surface area (TPSA) is 123 Å². The highest BCUT2D eigenvalue weighted by Gasteiger charge is 2.44. The van der Waals surface area contributed by atoms with Crippen LogP contribution in [-0.2, 0) is 4.84 Å². The molecule has 0 atom stereocenters. The number of amidine groups is 1. The molecule has 3 heterocycles. The van der Waals surface area contributed by atoms with Crippen molar-refractivity contribution in [3.63, 3.8) is 0 Å². The molecule has 1 spiro atoms. The molecule has 2 N–H and O–H groups in total. The van der Waals surface area contributed by atoms with Crippen LogP contribution >= 0.6 is 0 Å². The number of allylic oxidation sites excluding steroid dienone is 1. The largest absolute Gasteiger partial charge is 0.496 e. The van der Waals surface area contributed by atoms with Crippen LogP contribution in [0.5, 0.6) is 17.2 Å². The van der Waals surface area contributed by atoms with Gasteiger partial charge in [-0.2, -0.15) is 4.99 Å². The summed E-state index contributed by atoms with van der Waals surface area (Å²) in [5.41, 5.74) is 4.62. The molecule has 1 amide bonds. The van der Waals surface area contributed by atoms with Gasteiger partial charge >= 0.3 is 0 Å². The molecule has 5 rings (SSSR count). The van der Waals surface area contributed by atoms with E-state index in [1.165, 1.54) is 7.11 Å². The van der Waals surface area contributed by atoms with E-state index in [1.807, 2.05) is 13.0 Å². The number of hydroxylamine groups is 1. The SMILES string of the molecule is C=C1N=C(c2ccc3c(c2)C(=O)CC2(CCN(C(=O)c4cc(OC)c(C(=C)C=N)c(OCC)c4)CC2)O3)NO1.